The monoisotopic (exact) mass is 498 g/mol. The predicted molar refractivity (Wildman–Crippen MR) is 131 cm³/mol. The van der Waals surface area contributed by atoms with Gasteiger partial charge in [-0.15, -0.1) is 0 Å². The highest BCUT2D eigenvalue weighted by Crippen LogP contribution is 2.55. The van der Waals surface area contributed by atoms with Crippen LogP contribution in [0.5, 0.6) is 5.75 Å². The van der Waals surface area contributed by atoms with Crippen LogP contribution in [0.3, 0.4) is 0 Å². The molecule has 186 valence electrons. The SMILES string of the molecule is CC1(C)[C@H](NC(=O)c2ncc(N3CCC(CO)CC3)cn2)C(C)(C)[C@H]1Oc1cnc(C#N)c(Cl)c1. The van der Waals surface area contributed by atoms with E-state index in [0.717, 1.165) is 31.6 Å². The smallest absolute Gasteiger partial charge is 0.289 e. The summed E-state index contributed by atoms with van der Waals surface area (Å²) in [5.74, 6) is 0.623. The summed E-state index contributed by atoms with van der Waals surface area (Å²) in [6.07, 6.45) is 6.50. The second kappa shape index (κ2) is 9.59. The van der Waals surface area contributed by atoms with Gasteiger partial charge in [0.2, 0.25) is 5.82 Å². The molecule has 1 aliphatic heterocycles. The summed E-state index contributed by atoms with van der Waals surface area (Å²) in [5, 5.41) is 21.7. The molecule has 2 N–H and O–H groups in total. The number of carbonyl (C=O) groups is 1. The molecule has 0 radical (unpaired) electrons. The fraction of sp³-hybridized carbons (Fsp3) is 0.560. The fourth-order valence-corrected chi connectivity index (χ4v) is 5.87. The second-order valence-electron chi connectivity index (χ2n) is 10.5. The van der Waals surface area contributed by atoms with Crippen LogP contribution in [-0.2, 0) is 0 Å². The Morgan fingerprint density at radius 2 is 1.83 bits per heavy atom. The van der Waals surface area contributed by atoms with Gasteiger partial charge in [-0.3, -0.25) is 4.79 Å². The highest BCUT2D eigenvalue weighted by atomic mass is 35.5. The van der Waals surface area contributed by atoms with Crippen LogP contribution in [0.4, 0.5) is 5.69 Å². The highest BCUT2D eigenvalue weighted by Gasteiger charge is 2.64. The topological polar surface area (TPSA) is 124 Å². The van der Waals surface area contributed by atoms with Crippen LogP contribution in [0.25, 0.3) is 0 Å². The molecule has 9 nitrogen and oxygen atoms in total. The highest BCUT2D eigenvalue weighted by molar-refractivity contribution is 6.31. The molecule has 3 heterocycles. The zero-order valence-corrected chi connectivity index (χ0v) is 21.2. The summed E-state index contributed by atoms with van der Waals surface area (Å²) in [6, 6.07) is 3.34. The third kappa shape index (κ3) is 4.78. The Hall–Kier alpha value is -2.96. The lowest BCUT2D eigenvalue weighted by Gasteiger charge is -2.62. The molecular weight excluding hydrogens is 468 g/mol. The summed E-state index contributed by atoms with van der Waals surface area (Å²) < 4.78 is 6.22. The van der Waals surface area contributed by atoms with E-state index >= 15 is 0 Å². The van der Waals surface area contributed by atoms with E-state index in [9.17, 15) is 9.90 Å². The van der Waals surface area contributed by atoms with Gasteiger partial charge in [0.15, 0.2) is 5.69 Å². The molecular formula is C25H31ClN6O3. The molecule has 1 aliphatic carbocycles. The fourth-order valence-electron chi connectivity index (χ4n) is 5.67. The minimum atomic E-state index is -0.392. The Kier molecular flexibility index (Phi) is 6.89. The Morgan fingerprint density at radius 3 is 2.37 bits per heavy atom. The van der Waals surface area contributed by atoms with Gasteiger partial charge in [0.1, 0.15) is 17.9 Å². The van der Waals surface area contributed by atoms with E-state index in [1.165, 1.54) is 6.20 Å². The largest absolute Gasteiger partial charge is 0.487 e. The minimum absolute atomic E-state index is 0.123. The van der Waals surface area contributed by atoms with Crippen molar-refractivity contribution in [3.05, 3.63) is 41.2 Å². The van der Waals surface area contributed by atoms with Crippen molar-refractivity contribution in [1.29, 1.82) is 5.26 Å². The third-order valence-electron chi connectivity index (χ3n) is 7.37. The van der Waals surface area contributed by atoms with Gasteiger partial charge in [-0.25, -0.2) is 15.0 Å². The molecule has 4 rings (SSSR count). The van der Waals surface area contributed by atoms with Crippen LogP contribution >= 0.6 is 11.6 Å². The first-order valence-electron chi connectivity index (χ1n) is 11.8. The second-order valence-corrected chi connectivity index (χ2v) is 10.9. The molecule has 0 unspecified atom stereocenters. The Bertz CT molecular complexity index is 1110. The zero-order chi connectivity index (χ0) is 25.4. The lowest BCUT2D eigenvalue weighted by molar-refractivity contribution is -0.164. The van der Waals surface area contributed by atoms with E-state index in [1.54, 1.807) is 18.5 Å². The number of amides is 1. The summed E-state index contributed by atoms with van der Waals surface area (Å²) in [5.41, 5.74) is 0.245. The van der Waals surface area contributed by atoms with Gasteiger partial charge in [-0.2, -0.15) is 5.26 Å². The number of anilines is 1. The molecule has 1 saturated heterocycles. The number of ether oxygens (including phenoxy) is 1. The van der Waals surface area contributed by atoms with Crippen LogP contribution < -0.4 is 15.0 Å². The average Bonchev–Trinajstić information content (AvgIpc) is 2.85. The summed E-state index contributed by atoms with van der Waals surface area (Å²) >= 11 is 6.11. The first-order valence-corrected chi connectivity index (χ1v) is 12.2. The van der Waals surface area contributed by atoms with E-state index in [2.05, 4.69) is 25.2 Å². The Morgan fingerprint density at radius 1 is 1.20 bits per heavy atom. The van der Waals surface area contributed by atoms with Crippen LogP contribution in [0.2, 0.25) is 5.02 Å². The van der Waals surface area contributed by atoms with Gasteiger partial charge in [0.25, 0.3) is 5.91 Å². The minimum Gasteiger partial charge on any atom is -0.487 e. The Balaban J connectivity index is 1.40. The van der Waals surface area contributed by atoms with Crippen LogP contribution in [0.15, 0.2) is 24.7 Å². The van der Waals surface area contributed by atoms with E-state index in [-0.39, 0.29) is 41.2 Å². The Labute approximate surface area is 210 Å². The lowest BCUT2D eigenvalue weighted by Crippen LogP contribution is -2.74. The molecule has 2 fully saturated rings. The van der Waals surface area contributed by atoms with Gasteiger partial charge in [0, 0.05) is 42.6 Å². The maximum atomic E-state index is 13.0. The molecule has 10 heteroatoms. The van der Waals surface area contributed by atoms with E-state index in [4.69, 9.17) is 21.6 Å². The number of pyridine rings is 1. The number of nitriles is 1. The standard InChI is InChI=1S/C25H31ClN6O3/c1-24(2)22(25(3,4)23(24)35-17-9-18(26)19(10-27)28-13-17)31-21(34)20-29-11-16(12-30-20)32-7-5-15(14-33)6-8-32/h9,11-13,15,22-23,33H,5-8,14H2,1-4H3,(H,31,34)/t22-,23-. The number of halogens is 1. The van der Waals surface area contributed by atoms with Crippen LogP contribution in [-0.4, -0.2) is 57.8 Å². The summed E-state index contributed by atoms with van der Waals surface area (Å²) in [4.78, 5) is 27.9. The van der Waals surface area contributed by atoms with Gasteiger partial charge in [-0.05, 0) is 18.8 Å². The van der Waals surface area contributed by atoms with E-state index in [1.807, 2.05) is 33.8 Å². The van der Waals surface area contributed by atoms with Crippen molar-refractivity contribution < 1.29 is 14.6 Å². The number of rotatable bonds is 6. The van der Waals surface area contributed by atoms with Crippen molar-refractivity contribution >= 4 is 23.2 Å². The molecule has 1 amide bonds. The number of piperidine rings is 1. The number of hydrogen-bond donors (Lipinski definition) is 2. The maximum Gasteiger partial charge on any atom is 0.289 e. The number of carbonyl (C=O) groups excluding carboxylic acids is 1. The molecule has 0 aromatic carbocycles. The first-order chi connectivity index (χ1) is 16.6. The van der Waals surface area contributed by atoms with E-state index < -0.39 is 10.8 Å². The molecule has 0 spiro atoms. The zero-order valence-electron chi connectivity index (χ0n) is 20.5. The van der Waals surface area contributed by atoms with Crippen molar-refractivity contribution in [2.24, 2.45) is 16.7 Å². The number of nitrogens with one attached hydrogen (secondary N) is 1. The third-order valence-corrected chi connectivity index (χ3v) is 7.66. The quantitative estimate of drug-likeness (QED) is 0.622. The molecule has 0 bridgehead atoms. The molecule has 2 aromatic rings. The van der Waals surface area contributed by atoms with Crippen molar-refractivity contribution in [2.75, 3.05) is 24.6 Å². The number of hydrogen-bond acceptors (Lipinski definition) is 8. The molecule has 0 atom stereocenters. The van der Waals surface area contributed by atoms with Gasteiger partial charge in [0.05, 0.1) is 29.3 Å². The lowest BCUT2D eigenvalue weighted by atomic mass is 9.49. The van der Waals surface area contributed by atoms with Crippen molar-refractivity contribution in [2.45, 2.75) is 52.7 Å². The first kappa shape index (κ1) is 25.1. The molecule has 2 aliphatic rings. The van der Waals surface area contributed by atoms with Gasteiger partial charge in [-0.1, -0.05) is 39.3 Å². The van der Waals surface area contributed by atoms with Crippen molar-refractivity contribution in [3.8, 4) is 11.8 Å². The summed E-state index contributed by atoms with van der Waals surface area (Å²) in [7, 11) is 0. The molecule has 2 aromatic heterocycles. The maximum absolute atomic E-state index is 13.0. The van der Waals surface area contributed by atoms with Gasteiger partial charge < -0.3 is 20.1 Å². The number of aromatic nitrogens is 3. The van der Waals surface area contributed by atoms with Crippen molar-refractivity contribution in [3.63, 3.8) is 0 Å². The predicted octanol–water partition coefficient (Wildman–Crippen LogP) is 3.22. The summed E-state index contributed by atoms with van der Waals surface area (Å²) in [6.45, 7) is 10.0. The van der Waals surface area contributed by atoms with Gasteiger partial charge >= 0.3 is 0 Å². The van der Waals surface area contributed by atoms with Crippen LogP contribution in [0, 0.1) is 28.1 Å². The van der Waals surface area contributed by atoms with Crippen LogP contribution in [0.1, 0.15) is 56.8 Å². The number of aliphatic hydroxyl groups is 1. The normalized spacial score (nSPS) is 23.2. The molecule has 1 saturated carbocycles. The molecule has 35 heavy (non-hydrogen) atoms. The number of aliphatic hydroxyl groups excluding tert-OH is 1. The average molecular weight is 499 g/mol. The number of nitrogens with zero attached hydrogens (tertiary/aromatic N) is 5. The van der Waals surface area contributed by atoms with E-state index in [0.29, 0.717) is 11.7 Å². The van der Waals surface area contributed by atoms with Crippen molar-refractivity contribution in [1.82, 2.24) is 20.3 Å².